The average molecular weight is 258 g/mol. The van der Waals surface area contributed by atoms with Gasteiger partial charge in [-0.15, -0.1) is 12.4 Å². The third kappa shape index (κ3) is 1.99. The van der Waals surface area contributed by atoms with Crippen molar-refractivity contribution < 1.29 is 4.79 Å². The van der Waals surface area contributed by atoms with Gasteiger partial charge in [0.15, 0.2) is 0 Å². The molecule has 4 aliphatic rings. The minimum Gasteiger partial charge on any atom is -0.338 e. The molecule has 0 radical (unpaired) electrons. The van der Waals surface area contributed by atoms with Gasteiger partial charge in [-0.2, -0.15) is 0 Å². The van der Waals surface area contributed by atoms with E-state index in [0.29, 0.717) is 5.91 Å². The molecule has 2 nitrogen and oxygen atoms in total. The van der Waals surface area contributed by atoms with Gasteiger partial charge in [0.1, 0.15) is 0 Å². The second-order valence-corrected chi connectivity index (χ2v) is 6.41. The van der Waals surface area contributed by atoms with Crippen molar-refractivity contribution in [3.05, 3.63) is 0 Å². The molecule has 0 atom stereocenters. The molecule has 4 bridgehead atoms. The van der Waals surface area contributed by atoms with Crippen molar-refractivity contribution in [3.8, 4) is 0 Å². The molecule has 3 heteroatoms. The molecule has 0 spiro atoms. The molecule has 98 valence electrons. The van der Waals surface area contributed by atoms with E-state index in [4.69, 9.17) is 0 Å². The Morgan fingerprint density at radius 3 is 1.82 bits per heavy atom. The van der Waals surface area contributed by atoms with Crippen molar-refractivity contribution in [3.63, 3.8) is 0 Å². The first-order chi connectivity index (χ1) is 7.63. The van der Waals surface area contributed by atoms with Gasteiger partial charge in [0.25, 0.3) is 0 Å². The molecule has 0 heterocycles. The standard InChI is InChI=1S/C14H23NO.ClH/c1-3-15(10(2)16)14-7-11-4-12(8-14)6-13(5-11)9-14;/h11-13H,3-9H2,1-2H3;1H. The van der Waals surface area contributed by atoms with Gasteiger partial charge in [-0.25, -0.2) is 0 Å². The van der Waals surface area contributed by atoms with Gasteiger partial charge in [-0.05, 0) is 63.2 Å². The summed E-state index contributed by atoms with van der Waals surface area (Å²) in [5, 5.41) is 0. The van der Waals surface area contributed by atoms with Crippen LogP contribution < -0.4 is 0 Å². The normalized spacial score (nSPS) is 42.1. The van der Waals surface area contributed by atoms with Crippen LogP contribution in [0, 0.1) is 17.8 Å². The Bertz CT molecular complexity index is 280. The minimum absolute atomic E-state index is 0. The number of rotatable bonds is 2. The Morgan fingerprint density at radius 2 is 1.53 bits per heavy atom. The topological polar surface area (TPSA) is 20.3 Å². The van der Waals surface area contributed by atoms with Crippen LogP contribution in [0.2, 0.25) is 0 Å². The van der Waals surface area contributed by atoms with Gasteiger partial charge in [0.05, 0.1) is 0 Å². The van der Waals surface area contributed by atoms with E-state index < -0.39 is 0 Å². The molecule has 0 saturated heterocycles. The predicted octanol–water partition coefficient (Wildman–Crippen LogP) is 3.25. The SMILES string of the molecule is CCN(C(C)=O)C12CC3CC(CC(C3)C1)C2.Cl. The van der Waals surface area contributed by atoms with Crippen molar-refractivity contribution in [2.75, 3.05) is 6.54 Å². The maximum Gasteiger partial charge on any atom is 0.219 e. The van der Waals surface area contributed by atoms with Crippen LogP contribution in [0.4, 0.5) is 0 Å². The Morgan fingerprint density at radius 1 is 1.12 bits per heavy atom. The van der Waals surface area contributed by atoms with Crippen molar-refractivity contribution >= 4 is 18.3 Å². The van der Waals surface area contributed by atoms with Gasteiger partial charge in [-0.3, -0.25) is 4.79 Å². The van der Waals surface area contributed by atoms with Crippen molar-refractivity contribution in [2.45, 2.75) is 57.9 Å². The van der Waals surface area contributed by atoms with E-state index in [9.17, 15) is 4.79 Å². The summed E-state index contributed by atoms with van der Waals surface area (Å²) in [5.41, 5.74) is 0.273. The summed E-state index contributed by atoms with van der Waals surface area (Å²) in [6.45, 7) is 4.80. The molecular weight excluding hydrogens is 234 g/mol. The van der Waals surface area contributed by atoms with Crippen LogP contribution >= 0.6 is 12.4 Å². The zero-order valence-corrected chi connectivity index (χ0v) is 11.8. The van der Waals surface area contributed by atoms with Crippen molar-refractivity contribution in [2.24, 2.45) is 17.8 Å². The largest absolute Gasteiger partial charge is 0.338 e. The van der Waals surface area contributed by atoms with E-state index in [2.05, 4.69) is 11.8 Å². The third-order valence-corrected chi connectivity index (χ3v) is 5.27. The fraction of sp³-hybridized carbons (Fsp3) is 0.929. The van der Waals surface area contributed by atoms with Gasteiger partial charge in [0.2, 0.25) is 5.91 Å². The van der Waals surface area contributed by atoms with E-state index in [-0.39, 0.29) is 17.9 Å². The summed E-state index contributed by atoms with van der Waals surface area (Å²) in [7, 11) is 0. The number of hydrogen-bond donors (Lipinski definition) is 0. The molecule has 0 aromatic heterocycles. The first kappa shape index (κ1) is 13.2. The van der Waals surface area contributed by atoms with Crippen LogP contribution in [0.15, 0.2) is 0 Å². The van der Waals surface area contributed by atoms with Gasteiger partial charge in [0, 0.05) is 19.0 Å². The highest BCUT2D eigenvalue weighted by molar-refractivity contribution is 5.85. The molecule has 4 aliphatic carbocycles. The second kappa shape index (κ2) is 4.46. The molecule has 0 aromatic carbocycles. The van der Waals surface area contributed by atoms with E-state index in [1.807, 2.05) is 0 Å². The quantitative estimate of drug-likeness (QED) is 0.744. The molecule has 0 N–H and O–H groups in total. The monoisotopic (exact) mass is 257 g/mol. The van der Waals surface area contributed by atoms with E-state index in [1.54, 1.807) is 6.92 Å². The summed E-state index contributed by atoms with van der Waals surface area (Å²) in [6.07, 6.45) is 8.25. The fourth-order valence-electron chi connectivity index (χ4n) is 5.29. The Hall–Kier alpha value is -0.240. The Balaban J connectivity index is 0.00000108. The first-order valence-corrected chi connectivity index (χ1v) is 6.91. The van der Waals surface area contributed by atoms with Crippen LogP contribution in [-0.4, -0.2) is 22.9 Å². The highest BCUT2D eigenvalue weighted by atomic mass is 35.5. The van der Waals surface area contributed by atoms with E-state index >= 15 is 0 Å². The number of hydrogen-bond acceptors (Lipinski definition) is 1. The fourth-order valence-corrected chi connectivity index (χ4v) is 5.29. The summed E-state index contributed by atoms with van der Waals surface area (Å²) in [5.74, 6) is 3.09. The average Bonchev–Trinajstić information content (AvgIpc) is 2.14. The van der Waals surface area contributed by atoms with Gasteiger partial charge in [-0.1, -0.05) is 0 Å². The molecular formula is C14H24ClNO. The predicted molar refractivity (Wildman–Crippen MR) is 71.2 cm³/mol. The number of nitrogens with zero attached hydrogens (tertiary/aromatic N) is 1. The minimum atomic E-state index is 0. The lowest BCUT2D eigenvalue weighted by molar-refractivity contribution is -0.147. The maximum absolute atomic E-state index is 11.8. The molecule has 4 fully saturated rings. The Kier molecular flexibility index (Phi) is 3.46. The summed E-state index contributed by atoms with van der Waals surface area (Å²) >= 11 is 0. The molecule has 4 rings (SSSR count). The number of halogens is 1. The molecule has 0 unspecified atom stereocenters. The van der Waals surface area contributed by atoms with Crippen molar-refractivity contribution in [1.82, 2.24) is 4.90 Å². The van der Waals surface area contributed by atoms with Crippen LogP contribution in [0.25, 0.3) is 0 Å². The second-order valence-electron chi connectivity index (χ2n) is 6.41. The summed E-state index contributed by atoms with van der Waals surface area (Å²) in [4.78, 5) is 14.0. The van der Waals surface area contributed by atoms with Crippen LogP contribution in [0.1, 0.15) is 52.4 Å². The van der Waals surface area contributed by atoms with Gasteiger partial charge < -0.3 is 4.90 Å². The molecule has 1 amide bonds. The smallest absolute Gasteiger partial charge is 0.219 e. The zero-order chi connectivity index (χ0) is 11.3. The molecule has 0 aliphatic heterocycles. The number of carbonyl (C=O) groups is 1. The maximum atomic E-state index is 11.8. The summed E-state index contributed by atoms with van der Waals surface area (Å²) < 4.78 is 0. The number of carbonyl (C=O) groups excluding carboxylic acids is 1. The van der Waals surface area contributed by atoms with Crippen LogP contribution in [-0.2, 0) is 4.79 Å². The van der Waals surface area contributed by atoms with Crippen LogP contribution in [0.3, 0.4) is 0 Å². The number of amides is 1. The van der Waals surface area contributed by atoms with Gasteiger partial charge >= 0.3 is 0 Å². The van der Waals surface area contributed by atoms with Crippen molar-refractivity contribution in [1.29, 1.82) is 0 Å². The molecule has 4 saturated carbocycles. The lowest BCUT2D eigenvalue weighted by Crippen LogP contribution is -2.61. The lowest BCUT2D eigenvalue weighted by Gasteiger charge is -2.60. The lowest BCUT2D eigenvalue weighted by atomic mass is 9.52. The zero-order valence-electron chi connectivity index (χ0n) is 10.9. The summed E-state index contributed by atoms with van der Waals surface area (Å²) in [6, 6.07) is 0. The molecule has 17 heavy (non-hydrogen) atoms. The highest BCUT2D eigenvalue weighted by Crippen LogP contribution is 2.57. The molecule has 0 aromatic rings. The van der Waals surface area contributed by atoms with E-state index in [1.165, 1.54) is 38.5 Å². The third-order valence-electron chi connectivity index (χ3n) is 5.27. The highest BCUT2D eigenvalue weighted by Gasteiger charge is 2.53. The van der Waals surface area contributed by atoms with Crippen LogP contribution in [0.5, 0.6) is 0 Å². The van der Waals surface area contributed by atoms with E-state index in [0.717, 1.165) is 24.3 Å². The Labute approximate surface area is 111 Å². The first-order valence-electron chi connectivity index (χ1n) is 6.91.